The lowest BCUT2D eigenvalue weighted by molar-refractivity contribution is 0.103. The van der Waals surface area contributed by atoms with Crippen molar-refractivity contribution in [3.63, 3.8) is 0 Å². The van der Waals surface area contributed by atoms with E-state index in [0.717, 1.165) is 12.8 Å². The Kier molecular flexibility index (Phi) is 6.84. The van der Waals surface area contributed by atoms with Crippen LogP contribution in [0, 0.1) is 18.3 Å². The number of hydrogen-bond donors (Lipinski definition) is 2. The summed E-state index contributed by atoms with van der Waals surface area (Å²) in [6.07, 6.45) is 6.85. The maximum absolute atomic E-state index is 9.60. The van der Waals surface area contributed by atoms with Gasteiger partial charge in [-0.1, -0.05) is 32.6 Å². The fraction of sp³-hybridized carbons (Fsp3) is 0.800. The van der Waals surface area contributed by atoms with Gasteiger partial charge in [0, 0.05) is 6.54 Å². The molecule has 0 aromatic carbocycles. The van der Waals surface area contributed by atoms with Crippen molar-refractivity contribution in [2.24, 2.45) is 5.92 Å². The molecular formula is C10H19NO. The summed E-state index contributed by atoms with van der Waals surface area (Å²) in [5.41, 5.74) is 0. The first-order chi connectivity index (χ1) is 5.76. The van der Waals surface area contributed by atoms with Gasteiger partial charge in [-0.25, -0.2) is 0 Å². The molecule has 2 N–H and O–H groups in total. The van der Waals surface area contributed by atoms with E-state index in [4.69, 9.17) is 6.42 Å². The van der Waals surface area contributed by atoms with Crippen molar-refractivity contribution in [2.45, 2.75) is 32.8 Å². The Labute approximate surface area is 75.4 Å². The Balaban J connectivity index is 3.55. The van der Waals surface area contributed by atoms with E-state index in [-0.39, 0.29) is 6.10 Å². The smallest absolute Gasteiger partial charge is 0.0692 e. The highest BCUT2D eigenvalue weighted by Crippen LogP contribution is 2.11. The van der Waals surface area contributed by atoms with E-state index in [1.807, 2.05) is 0 Å². The van der Waals surface area contributed by atoms with E-state index < -0.39 is 0 Å². The molecule has 0 bridgehead atoms. The minimum Gasteiger partial charge on any atom is -0.392 e. The van der Waals surface area contributed by atoms with E-state index in [0.29, 0.717) is 19.0 Å². The van der Waals surface area contributed by atoms with Crippen LogP contribution in [0.25, 0.3) is 0 Å². The minimum absolute atomic E-state index is 0.256. The topological polar surface area (TPSA) is 32.3 Å². The normalized spacial score (nSPS) is 12.9. The van der Waals surface area contributed by atoms with Gasteiger partial charge in [-0.05, 0) is 5.92 Å². The Bertz CT molecular complexity index is 135. The number of aliphatic hydroxyl groups is 1. The molecule has 0 aliphatic carbocycles. The molecule has 2 nitrogen and oxygen atoms in total. The molecule has 0 fully saturated rings. The Hall–Kier alpha value is -0.520. The van der Waals surface area contributed by atoms with Crippen LogP contribution in [-0.2, 0) is 0 Å². The van der Waals surface area contributed by atoms with Crippen LogP contribution in [0.1, 0.15) is 26.7 Å². The summed E-state index contributed by atoms with van der Waals surface area (Å²) in [6.45, 7) is 5.34. The molecule has 0 aromatic heterocycles. The molecule has 0 amide bonds. The van der Waals surface area contributed by atoms with Crippen molar-refractivity contribution in [2.75, 3.05) is 13.1 Å². The molecule has 12 heavy (non-hydrogen) atoms. The molecule has 0 aliphatic rings. The maximum Gasteiger partial charge on any atom is 0.0692 e. The molecule has 1 unspecified atom stereocenters. The third-order valence-electron chi connectivity index (χ3n) is 2.17. The second-order valence-electron chi connectivity index (χ2n) is 2.98. The molecule has 1 atom stereocenters. The SMILES string of the molecule is C#CCNCC(O)C(CC)CC. The molecule has 0 radical (unpaired) electrons. The van der Waals surface area contributed by atoms with Crippen LogP contribution in [0.15, 0.2) is 0 Å². The van der Waals surface area contributed by atoms with Crippen LogP contribution in [0.5, 0.6) is 0 Å². The second-order valence-corrected chi connectivity index (χ2v) is 2.98. The van der Waals surface area contributed by atoms with Crippen molar-refractivity contribution < 1.29 is 5.11 Å². The van der Waals surface area contributed by atoms with E-state index >= 15 is 0 Å². The van der Waals surface area contributed by atoms with Gasteiger partial charge >= 0.3 is 0 Å². The molecule has 0 spiro atoms. The summed E-state index contributed by atoms with van der Waals surface area (Å²) in [5.74, 6) is 2.87. The molecule has 0 rings (SSSR count). The Morgan fingerprint density at radius 1 is 1.42 bits per heavy atom. The van der Waals surface area contributed by atoms with Gasteiger partial charge in [-0.3, -0.25) is 0 Å². The highest BCUT2D eigenvalue weighted by atomic mass is 16.3. The van der Waals surface area contributed by atoms with Gasteiger partial charge in [0.15, 0.2) is 0 Å². The lowest BCUT2D eigenvalue weighted by Crippen LogP contribution is -2.32. The molecule has 0 aromatic rings. The van der Waals surface area contributed by atoms with Crippen molar-refractivity contribution in [3.05, 3.63) is 0 Å². The molecule has 0 heterocycles. The zero-order valence-corrected chi connectivity index (χ0v) is 8.01. The molecule has 0 saturated carbocycles. The lowest BCUT2D eigenvalue weighted by atomic mass is 9.97. The molecule has 70 valence electrons. The first kappa shape index (κ1) is 11.5. The third-order valence-corrected chi connectivity index (χ3v) is 2.17. The van der Waals surface area contributed by atoms with Crippen LogP contribution >= 0.6 is 0 Å². The van der Waals surface area contributed by atoms with Gasteiger partial charge in [0.25, 0.3) is 0 Å². The summed E-state index contributed by atoms with van der Waals surface area (Å²) in [4.78, 5) is 0. The summed E-state index contributed by atoms with van der Waals surface area (Å²) >= 11 is 0. The summed E-state index contributed by atoms with van der Waals surface area (Å²) < 4.78 is 0. The largest absolute Gasteiger partial charge is 0.392 e. The van der Waals surface area contributed by atoms with Crippen LogP contribution in [0.2, 0.25) is 0 Å². The predicted molar refractivity (Wildman–Crippen MR) is 51.8 cm³/mol. The van der Waals surface area contributed by atoms with Crippen LogP contribution in [0.3, 0.4) is 0 Å². The van der Waals surface area contributed by atoms with Gasteiger partial charge < -0.3 is 10.4 Å². The average Bonchev–Trinajstić information content (AvgIpc) is 2.07. The van der Waals surface area contributed by atoms with Gasteiger partial charge in [0.1, 0.15) is 0 Å². The highest BCUT2D eigenvalue weighted by molar-refractivity contribution is 4.87. The number of hydrogen-bond acceptors (Lipinski definition) is 2. The molecule has 0 aliphatic heterocycles. The highest BCUT2D eigenvalue weighted by Gasteiger charge is 2.13. The summed E-state index contributed by atoms with van der Waals surface area (Å²) in [5, 5.41) is 12.6. The summed E-state index contributed by atoms with van der Waals surface area (Å²) in [7, 11) is 0. The van der Waals surface area contributed by atoms with Gasteiger partial charge in [-0.15, -0.1) is 6.42 Å². The quantitative estimate of drug-likeness (QED) is 0.459. The van der Waals surface area contributed by atoms with Crippen LogP contribution in [-0.4, -0.2) is 24.3 Å². The van der Waals surface area contributed by atoms with Crippen molar-refractivity contribution in [1.82, 2.24) is 5.32 Å². The minimum atomic E-state index is -0.256. The van der Waals surface area contributed by atoms with Gasteiger partial charge in [-0.2, -0.15) is 0 Å². The van der Waals surface area contributed by atoms with Crippen LogP contribution in [0.4, 0.5) is 0 Å². The van der Waals surface area contributed by atoms with Crippen molar-refractivity contribution in [3.8, 4) is 12.3 Å². The number of nitrogens with one attached hydrogen (secondary N) is 1. The van der Waals surface area contributed by atoms with E-state index in [1.54, 1.807) is 0 Å². The van der Waals surface area contributed by atoms with Gasteiger partial charge in [0.2, 0.25) is 0 Å². The lowest BCUT2D eigenvalue weighted by Gasteiger charge is -2.19. The fourth-order valence-corrected chi connectivity index (χ4v) is 1.29. The number of rotatable bonds is 6. The Morgan fingerprint density at radius 3 is 2.42 bits per heavy atom. The predicted octanol–water partition coefficient (Wildman–Crippen LogP) is 1.01. The standard InChI is InChI=1S/C10H19NO/c1-4-7-11-8-10(12)9(5-2)6-3/h1,9-12H,5-8H2,2-3H3. The molecular weight excluding hydrogens is 150 g/mol. The van der Waals surface area contributed by atoms with E-state index in [9.17, 15) is 5.11 Å². The van der Waals surface area contributed by atoms with Gasteiger partial charge in [0.05, 0.1) is 12.6 Å². The zero-order valence-electron chi connectivity index (χ0n) is 8.01. The van der Waals surface area contributed by atoms with Crippen LogP contribution < -0.4 is 5.32 Å². The zero-order chi connectivity index (χ0) is 9.40. The maximum atomic E-state index is 9.60. The third kappa shape index (κ3) is 4.38. The first-order valence-corrected chi connectivity index (χ1v) is 4.58. The van der Waals surface area contributed by atoms with Crippen molar-refractivity contribution >= 4 is 0 Å². The average molecular weight is 169 g/mol. The second kappa shape index (κ2) is 7.15. The number of aliphatic hydroxyl groups excluding tert-OH is 1. The van der Waals surface area contributed by atoms with Crippen molar-refractivity contribution in [1.29, 1.82) is 0 Å². The number of terminal acetylenes is 1. The monoisotopic (exact) mass is 169 g/mol. The summed E-state index contributed by atoms with van der Waals surface area (Å²) in [6, 6.07) is 0. The fourth-order valence-electron chi connectivity index (χ4n) is 1.29. The van der Waals surface area contributed by atoms with E-state index in [2.05, 4.69) is 25.1 Å². The first-order valence-electron chi connectivity index (χ1n) is 4.58. The molecule has 2 heteroatoms. The Morgan fingerprint density at radius 2 is 2.00 bits per heavy atom. The molecule has 0 saturated heterocycles. The van der Waals surface area contributed by atoms with E-state index in [1.165, 1.54) is 0 Å².